The van der Waals surface area contributed by atoms with Crippen molar-refractivity contribution in [1.29, 1.82) is 0 Å². The molecule has 15 heavy (non-hydrogen) atoms. The second-order valence-electron chi connectivity index (χ2n) is 3.96. The molecule has 0 spiro atoms. The number of aromatic nitrogens is 3. The van der Waals surface area contributed by atoms with Gasteiger partial charge in [0.2, 0.25) is 0 Å². The second kappa shape index (κ2) is 4.51. The van der Waals surface area contributed by atoms with Crippen LogP contribution in [-0.2, 0) is 0 Å². The molecule has 1 aromatic heterocycles. The molecule has 0 saturated heterocycles. The molecule has 1 fully saturated rings. The lowest BCUT2D eigenvalue weighted by atomic mass is 10.00. The third kappa shape index (κ3) is 2.32. The Kier molecular flexibility index (Phi) is 3.28. The summed E-state index contributed by atoms with van der Waals surface area (Å²) in [6, 6.07) is 0. The van der Waals surface area contributed by atoms with Crippen molar-refractivity contribution in [1.82, 2.24) is 20.5 Å². The first kappa shape index (κ1) is 10.9. The second-order valence-corrected chi connectivity index (χ2v) is 5.25. The van der Waals surface area contributed by atoms with Crippen molar-refractivity contribution in [3.05, 3.63) is 6.33 Å². The molecule has 2 atom stereocenters. The van der Waals surface area contributed by atoms with E-state index in [-0.39, 0.29) is 12.1 Å². The minimum absolute atomic E-state index is 0.0856. The van der Waals surface area contributed by atoms with Crippen LogP contribution in [0.5, 0.6) is 0 Å². The van der Waals surface area contributed by atoms with Crippen LogP contribution in [0.15, 0.2) is 11.5 Å². The number of thioether (sulfide) groups is 1. The van der Waals surface area contributed by atoms with Gasteiger partial charge in [-0.25, -0.2) is 4.98 Å². The highest BCUT2D eigenvalue weighted by Gasteiger charge is 2.37. The van der Waals surface area contributed by atoms with E-state index in [1.165, 1.54) is 6.33 Å². The van der Waals surface area contributed by atoms with Gasteiger partial charge in [0.25, 0.3) is 0 Å². The highest BCUT2D eigenvalue weighted by molar-refractivity contribution is 7.99. The first-order valence-electron chi connectivity index (χ1n) is 5.10. The molecule has 1 aliphatic carbocycles. The number of hydrogen-bond acceptors (Lipinski definition) is 5. The lowest BCUT2D eigenvalue weighted by Crippen LogP contribution is -2.44. The van der Waals surface area contributed by atoms with Crippen LogP contribution < -0.4 is 5.32 Å². The number of aliphatic hydroxyl groups excluding tert-OH is 1. The van der Waals surface area contributed by atoms with Crippen LogP contribution in [0.2, 0.25) is 0 Å². The Morgan fingerprint density at radius 1 is 1.80 bits per heavy atom. The number of likely N-dealkylation sites (N-methyl/N-ethyl adjacent to an activating group) is 1. The molecule has 0 amide bonds. The SMILES string of the molecule is CNC1(CO)CCC(Sc2ncn[nH]2)C1. The molecule has 1 aliphatic rings. The van der Waals surface area contributed by atoms with Crippen LogP contribution in [0.4, 0.5) is 0 Å². The molecule has 0 radical (unpaired) electrons. The predicted molar refractivity (Wildman–Crippen MR) is 58.8 cm³/mol. The molecule has 6 heteroatoms. The Hall–Kier alpha value is -0.590. The highest BCUT2D eigenvalue weighted by Crippen LogP contribution is 2.38. The Balaban J connectivity index is 1.92. The van der Waals surface area contributed by atoms with Gasteiger partial charge in [0.1, 0.15) is 6.33 Å². The van der Waals surface area contributed by atoms with Crippen molar-refractivity contribution in [2.75, 3.05) is 13.7 Å². The van der Waals surface area contributed by atoms with Crippen LogP contribution in [-0.4, -0.2) is 44.7 Å². The summed E-state index contributed by atoms with van der Waals surface area (Å²) in [6.07, 6.45) is 4.62. The normalized spacial score (nSPS) is 30.9. The van der Waals surface area contributed by atoms with E-state index in [0.717, 1.165) is 24.4 Å². The molecule has 2 unspecified atom stereocenters. The standard InChI is InChI=1S/C9H16N4OS/c1-10-9(5-14)3-2-7(4-9)15-8-11-6-12-13-8/h6-7,10,14H,2-5H2,1H3,(H,11,12,13). The number of nitrogens with one attached hydrogen (secondary N) is 2. The smallest absolute Gasteiger partial charge is 0.183 e. The molecule has 1 saturated carbocycles. The third-order valence-corrected chi connectivity index (χ3v) is 4.22. The molecule has 3 N–H and O–H groups in total. The van der Waals surface area contributed by atoms with Crippen molar-refractivity contribution in [2.45, 2.75) is 35.2 Å². The van der Waals surface area contributed by atoms with Gasteiger partial charge < -0.3 is 10.4 Å². The van der Waals surface area contributed by atoms with Gasteiger partial charge in [-0.3, -0.25) is 5.10 Å². The number of aliphatic hydroxyl groups is 1. The lowest BCUT2D eigenvalue weighted by molar-refractivity contribution is 0.173. The number of nitrogens with zero attached hydrogens (tertiary/aromatic N) is 2. The topological polar surface area (TPSA) is 73.8 Å². The van der Waals surface area contributed by atoms with Crippen molar-refractivity contribution in [2.24, 2.45) is 0 Å². The van der Waals surface area contributed by atoms with Gasteiger partial charge in [0.15, 0.2) is 5.16 Å². The van der Waals surface area contributed by atoms with Crippen molar-refractivity contribution >= 4 is 11.8 Å². The van der Waals surface area contributed by atoms with Crippen LogP contribution >= 0.6 is 11.8 Å². The molecule has 5 nitrogen and oxygen atoms in total. The average molecular weight is 228 g/mol. The summed E-state index contributed by atoms with van der Waals surface area (Å²) < 4.78 is 0. The fourth-order valence-electron chi connectivity index (χ4n) is 2.04. The van der Waals surface area contributed by atoms with Gasteiger partial charge in [0.05, 0.1) is 6.61 Å². The quantitative estimate of drug-likeness (QED) is 0.695. The number of aromatic amines is 1. The van der Waals surface area contributed by atoms with E-state index in [4.69, 9.17) is 0 Å². The van der Waals surface area contributed by atoms with Crippen LogP contribution in [0.3, 0.4) is 0 Å². The Bertz CT molecular complexity index is 299. The molecule has 0 bridgehead atoms. The maximum atomic E-state index is 9.35. The first-order chi connectivity index (χ1) is 7.28. The average Bonchev–Trinajstić information content (AvgIpc) is 2.89. The maximum Gasteiger partial charge on any atom is 0.183 e. The Morgan fingerprint density at radius 2 is 2.67 bits per heavy atom. The van der Waals surface area contributed by atoms with Crippen LogP contribution in [0.1, 0.15) is 19.3 Å². The predicted octanol–water partition coefficient (Wildman–Crippen LogP) is 0.400. The van der Waals surface area contributed by atoms with E-state index in [1.807, 2.05) is 7.05 Å². The summed E-state index contributed by atoms with van der Waals surface area (Å²) in [4.78, 5) is 4.09. The fourth-order valence-corrected chi connectivity index (χ4v) is 3.20. The largest absolute Gasteiger partial charge is 0.394 e. The highest BCUT2D eigenvalue weighted by atomic mass is 32.2. The van der Waals surface area contributed by atoms with Gasteiger partial charge in [-0.1, -0.05) is 11.8 Å². The number of H-pyrrole nitrogens is 1. The van der Waals surface area contributed by atoms with E-state index in [1.54, 1.807) is 11.8 Å². The number of hydrogen-bond donors (Lipinski definition) is 3. The third-order valence-electron chi connectivity index (χ3n) is 3.07. The summed E-state index contributed by atoms with van der Waals surface area (Å²) in [5.74, 6) is 0. The zero-order valence-corrected chi connectivity index (χ0v) is 9.55. The van der Waals surface area contributed by atoms with E-state index in [2.05, 4.69) is 20.5 Å². The van der Waals surface area contributed by atoms with Crippen molar-refractivity contribution < 1.29 is 5.11 Å². The van der Waals surface area contributed by atoms with Gasteiger partial charge >= 0.3 is 0 Å². The van der Waals surface area contributed by atoms with E-state index in [0.29, 0.717) is 5.25 Å². The maximum absolute atomic E-state index is 9.35. The van der Waals surface area contributed by atoms with Gasteiger partial charge in [-0.05, 0) is 26.3 Å². The molecule has 2 rings (SSSR count). The summed E-state index contributed by atoms with van der Waals surface area (Å²) in [7, 11) is 1.91. The summed E-state index contributed by atoms with van der Waals surface area (Å²) in [5.41, 5.74) is -0.0856. The Labute approximate surface area is 93.1 Å². The van der Waals surface area contributed by atoms with Crippen LogP contribution in [0, 0.1) is 0 Å². The molecule has 1 aromatic rings. The molecule has 0 aliphatic heterocycles. The van der Waals surface area contributed by atoms with Gasteiger partial charge in [-0.2, -0.15) is 5.10 Å². The summed E-state index contributed by atoms with van der Waals surface area (Å²) in [6.45, 7) is 0.205. The lowest BCUT2D eigenvalue weighted by Gasteiger charge is -2.26. The fraction of sp³-hybridized carbons (Fsp3) is 0.778. The summed E-state index contributed by atoms with van der Waals surface area (Å²) in [5, 5.41) is 20.6. The minimum Gasteiger partial charge on any atom is -0.394 e. The number of rotatable bonds is 4. The zero-order chi connectivity index (χ0) is 10.7. The molecule has 0 aromatic carbocycles. The molecule has 1 heterocycles. The molecular formula is C9H16N4OS. The van der Waals surface area contributed by atoms with Crippen LogP contribution in [0.25, 0.3) is 0 Å². The Morgan fingerprint density at radius 3 is 3.20 bits per heavy atom. The van der Waals surface area contributed by atoms with Crippen molar-refractivity contribution in [3.8, 4) is 0 Å². The first-order valence-corrected chi connectivity index (χ1v) is 5.98. The zero-order valence-electron chi connectivity index (χ0n) is 8.73. The van der Waals surface area contributed by atoms with E-state index >= 15 is 0 Å². The summed E-state index contributed by atoms with van der Waals surface area (Å²) >= 11 is 1.71. The molecular weight excluding hydrogens is 212 g/mol. The van der Waals surface area contributed by atoms with E-state index in [9.17, 15) is 5.11 Å². The van der Waals surface area contributed by atoms with Gasteiger partial charge in [-0.15, -0.1) is 0 Å². The van der Waals surface area contributed by atoms with E-state index < -0.39 is 0 Å². The van der Waals surface area contributed by atoms with Crippen molar-refractivity contribution in [3.63, 3.8) is 0 Å². The minimum atomic E-state index is -0.0856. The molecule has 84 valence electrons. The monoisotopic (exact) mass is 228 g/mol. The van der Waals surface area contributed by atoms with Gasteiger partial charge in [0, 0.05) is 10.8 Å².